The van der Waals surface area contributed by atoms with Gasteiger partial charge in [0.25, 0.3) is 0 Å². The number of thiophene rings is 1. The fourth-order valence-electron chi connectivity index (χ4n) is 3.36. The summed E-state index contributed by atoms with van der Waals surface area (Å²) in [5.41, 5.74) is 4.43. The molecule has 0 saturated heterocycles. The average molecular weight is 351 g/mol. The van der Waals surface area contributed by atoms with Gasteiger partial charge in [0, 0.05) is 30.1 Å². The summed E-state index contributed by atoms with van der Waals surface area (Å²) in [5.74, 6) is 0.861. The minimum Gasteiger partial charge on any atom is -0.504 e. The van der Waals surface area contributed by atoms with E-state index in [4.69, 9.17) is 4.74 Å². The lowest BCUT2D eigenvalue weighted by Gasteiger charge is -2.19. The number of hydrogen-bond acceptors (Lipinski definition) is 4. The molecule has 2 heterocycles. The van der Waals surface area contributed by atoms with Crippen molar-refractivity contribution < 1.29 is 9.84 Å². The van der Waals surface area contributed by atoms with Gasteiger partial charge in [0.2, 0.25) is 0 Å². The lowest BCUT2D eigenvalue weighted by Crippen LogP contribution is -2.24. The number of aryl methyl sites for hydroxylation is 1. The van der Waals surface area contributed by atoms with Gasteiger partial charge in [0.15, 0.2) is 11.5 Å². The zero-order valence-corrected chi connectivity index (χ0v) is 15.1. The van der Waals surface area contributed by atoms with Crippen molar-refractivity contribution in [2.45, 2.75) is 20.0 Å². The molecule has 0 saturated carbocycles. The average Bonchev–Trinajstić information content (AvgIpc) is 3.01. The van der Waals surface area contributed by atoms with E-state index in [0.717, 1.165) is 36.3 Å². The number of hydrogen-bond donors (Lipinski definition) is 1. The van der Waals surface area contributed by atoms with Crippen LogP contribution >= 0.6 is 11.3 Å². The van der Waals surface area contributed by atoms with Crippen LogP contribution in [0.2, 0.25) is 0 Å². The Labute approximate surface area is 152 Å². The Balaban J connectivity index is 1.68. The Morgan fingerprint density at radius 1 is 1.16 bits per heavy atom. The highest BCUT2D eigenvalue weighted by Gasteiger charge is 2.20. The van der Waals surface area contributed by atoms with E-state index in [1.165, 1.54) is 10.4 Å². The van der Waals surface area contributed by atoms with Gasteiger partial charge in [-0.2, -0.15) is 0 Å². The predicted molar refractivity (Wildman–Crippen MR) is 102 cm³/mol. The van der Waals surface area contributed by atoms with E-state index in [1.54, 1.807) is 11.3 Å². The van der Waals surface area contributed by atoms with Crippen molar-refractivity contribution in [3.05, 3.63) is 69.9 Å². The molecule has 0 spiro atoms. The van der Waals surface area contributed by atoms with E-state index in [9.17, 15) is 5.11 Å². The van der Waals surface area contributed by atoms with Crippen LogP contribution in [0.25, 0.3) is 11.1 Å². The predicted octanol–water partition coefficient (Wildman–Crippen LogP) is 4.82. The summed E-state index contributed by atoms with van der Waals surface area (Å²) < 4.78 is 5.86. The summed E-state index contributed by atoms with van der Waals surface area (Å²) >= 11 is 1.78. The Kier molecular flexibility index (Phi) is 4.47. The van der Waals surface area contributed by atoms with E-state index in [2.05, 4.69) is 47.5 Å². The molecule has 1 aliphatic heterocycles. The van der Waals surface area contributed by atoms with Gasteiger partial charge in [-0.25, -0.2) is 0 Å². The van der Waals surface area contributed by atoms with Crippen LogP contribution in [0.3, 0.4) is 0 Å². The summed E-state index contributed by atoms with van der Waals surface area (Å²) in [7, 11) is 0. The highest BCUT2D eigenvalue weighted by atomic mass is 32.1. The molecule has 0 atom stereocenters. The van der Waals surface area contributed by atoms with Crippen molar-refractivity contribution in [3.63, 3.8) is 0 Å². The van der Waals surface area contributed by atoms with Gasteiger partial charge in [0.05, 0.1) is 0 Å². The fourth-order valence-corrected chi connectivity index (χ4v) is 4.11. The lowest BCUT2D eigenvalue weighted by molar-refractivity contribution is 0.218. The molecular formula is C21H21NO2S. The summed E-state index contributed by atoms with van der Waals surface area (Å²) in [6.45, 7) is 5.23. The van der Waals surface area contributed by atoms with Crippen molar-refractivity contribution in [3.8, 4) is 22.6 Å². The van der Waals surface area contributed by atoms with Gasteiger partial charge in [-0.3, -0.25) is 4.90 Å². The molecule has 0 amide bonds. The third-order valence-corrected chi connectivity index (χ3v) is 5.47. The second-order valence-corrected chi connectivity index (χ2v) is 7.47. The Hall–Kier alpha value is -2.30. The molecule has 1 aliphatic rings. The summed E-state index contributed by atoms with van der Waals surface area (Å²) in [6.07, 6.45) is 0. The number of phenols is 1. The molecule has 0 radical (unpaired) electrons. The van der Waals surface area contributed by atoms with Crippen molar-refractivity contribution in [1.82, 2.24) is 4.90 Å². The highest BCUT2D eigenvalue weighted by molar-refractivity contribution is 7.09. The molecule has 1 aromatic heterocycles. The summed E-state index contributed by atoms with van der Waals surface area (Å²) in [4.78, 5) is 3.72. The van der Waals surface area contributed by atoms with E-state index >= 15 is 0 Å². The Bertz CT molecular complexity index is 874. The van der Waals surface area contributed by atoms with Crippen LogP contribution < -0.4 is 4.74 Å². The fraction of sp³-hybridized carbons (Fsp3) is 0.238. The van der Waals surface area contributed by atoms with Crippen LogP contribution in [0.4, 0.5) is 0 Å². The lowest BCUT2D eigenvalue weighted by atomic mass is 9.98. The van der Waals surface area contributed by atoms with Gasteiger partial charge < -0.3 is 9.84 Å². The van der Waals surface area contributed by atoms with Crippen molar-refractivity contribution in [2.24, 2.45) is 0 Å². The maximum Gasteiger partial charge on any atom is 0.165 e. The SMILES string of the molecule is Cc1ccccc1-c1cc(O)c2c(c1)CN(Cc1cccs1)CCO2. The molecule has 3 aromatic rings. The van der Waals surface area contributed by atoms with Crippen LogP contribution in [0.15, 0.2) is 53.9 Å². The first-order valence-electron chi connectivity index (χ1n) is 8.50. The maximum absolute atomic E-state index is 10.5. The molecule has 128 valence electrons. The largest absolute Gasteiger partial charge is 0.504 e. The zero-order chi connectivity index (χ0) is 17.2. The van der Waals surface area contributed by atoms with Gasteiger partial charge in [0.1, 0.15) is 6.61 Å². The number of aromatic hydroxyl groups is 1. The number of benzene rings is 2. The van der Waals surface area contributed by atoms with Crippen molar-refractivity contribution in [1.29, 1.82) is 0 Å². The standard InChI is InChI=1S/C21H21NO2S/c1-15-5-2-3-7-19(15)16-11-17-13-22(14-18-6-4-10-25-18)8-9-24-21(17)20(23)12-16/h2-7,10-12,23H,8-9,13-14H2,1H3. The summed E-state index contributed by atoms with van der Waals surface area (Å²) in [5, 5.41) is 12.6. The number of phenolic OH excluding ortho intramolecular Hbond substituents is 1. The second-order valence-electron chi connectivity index (χ2n) is 6.44. The van der Waals surface area contributed by atoms with Crippen molar-refractivity contribution in [2.75, 3.05) is 13.2 Å². The van der Waals surface area contributed by atoms with E-state index in [0.29, 0.717) is 12.4 Å². The molecule has 2 aromatic carbocycles. The molecule has 0 unspecified atom stereocenters. The van der Waals surface area contributed by atoms with E-state index in [1.807, 2.05) is 18.2 Å². The molecule has 0 bridgehead atoms. The maximum atomic E-state index is 10.5. The van der Waals surface area contributed by atoms with Crippen LogP contribution in [0, 0.1) is 6.92 Å². The van der Waals surface area contributed by atoms with E-state index < -0.39 is 0 Å². The van der Waals surface area contributed by atoms with Gasteiger partial charge in [-0.05, 0) is 47.2 Å². The minimum atomic E-state index is 0.230. The number of nitrogens with zero attached hydrogens (tertiary/aromatic N) is 1. The normalized spacial score (nSPS) is 14.6. The molecular weight excluding hydrogens is 330 g/mol. The molecule has 4 rings (SSSR count). The molecule has 0 aliphatic carbocycles. The van der Waals surface area contributed by atoms with E-state index in [-0.39, 0.29) is 5.75 Å². The van der Waals surface area contributed by atoms with Gasteiger partial charge >= 0.3 is 0 Å². The third-order valence-electron chi connectivity index (χ3n) is 4.61. The van der Waals surface area contributed by atoms with Crippen LogP contribution in [0.1, 0.15) is 16.0 Å². The minimum absolute atomic E-state index is 0.230. The molecule has 25 heavy (non-hydrogen) atoms. The van der Waals surface area contributed by atoms with Crippen LogP contribution in [-0.4, -0.2) is 23.2 Å². The third kappa shape index (κ3) is 3.41. The highest BCUT2D eigenvalue weighted by Crippen LogP contribution is 2.38. The van der Waals surface area contributed by atoms with Gasteiger partial charge in [-0.15, -0.1) is 11.3 Å². The zero-order valence-electron chi connectivity index (χ0n) is 14.2. The number of ether oxygens (including phenoxy) is 1. The second kappa shape index (κ2) is 6.90. The molecule has 0 fully saturated rings. The smallest absolute Gasteiger partial charge is 0.165 e. The monoisotopic (exact) mass is 351 g/mol. The first kappa shape index (κ1) is 16.2. The Morgan fingerprint density at radius 3 is 2.84 bits per heavy atom. The van der Waals surface area contributed by atoms with Crippen LogP contribution in [-0.2, 0) is 13.1 Å². The van der Waals surface area contributed by atoms with Crippen LogP contribution in [0.5, 0.6) is 11.5 Å². The first-order valence-corrected chi connectivity index (χ1v) is 9.38. The van der Waals surface area contributed by atoms with Gasteiger partial charge in [-0.1, -0.05) is 30.3 Å². The van der Waals surface area contributed by atoms with Crippen molar-refractivity contribution >= 4 is 11.3 Å². The molecule has 3 nitrogen and oxygen atoms in total. The Morgan fingerprint density at radius 2 is 2.04 bits per heavy atom. The molecule has 1 N–H and O–H groups in total. The topological polar surface area (TPSA) is 32.7 Å². The first-order chi connectivity index (χ1) is 12.2. The number of fused-ring (bicyclic) bond motifs is 1. The molecule has 4 heteroatoms. The summed E-state index contributed by atoms with van der Waals surface area (Å²) in [6, 6.07) is 16.5. The quantitative estimate of drug-likeness (QED) is 0.734. The number of rotatable bonds is 3.